The summed E-state index contributed by atoms with van der Waals surface area (Å²) in [4.78, 5) is 26.0. The number of ether oxygens (including phenoxy) is 1. The topological polar surface area (TPSA) is 64.4 Å². The van der Waals surface area contributed by atoms with Crippen LogP contribution in [0.25, 0.3) is 0 Å². The van der Waals surface area contributed by atoms with E-state index in [1.165, 1.54) is 7.11 Å². The summed E-state index contributed by atoms with van der Waals surface area (Å²) in [6.07, 6.45) is 4.95. The highest BCUT2D eigenvalue weighted by atomic mass is 35.5. The standard InChI is InChI=1S/C17H24ClN3O3/c1-16(2)5-11-6-17(3,9-16)10-20(11)12-7-19-21(8-13(22)24-4)15(23)14(12)18/h7,11H,5-6,8-10H2,1-4H3/t11-,17-/m0/s1. The number of aromatic nitrogens is 2. The first-order chi connectivity index (χ1) is 11.1. The molecular weight excluding hydrogens is 330 g/mol. The smallest absolute Gasteiger partial charge is 0.327 e. The number of hydrogen-bond donors (Lipinski definition) is 0. The van der Waals surface area contributed by atoms with Crippen molar-refractivity contribution in [2.24, 2.45) is 10.8 Å². The van der Waals surface area contributed by atoms with Crippen molar-refractivity contribution >= 4 is 23.3 Å². The van der Waals surface area contributed by atoms with E-state index in [1.54, 1.807) is 6.20 Å². The van der Waals surface area contributed by atoms with Gasteiger partial charge in [-0.25, -0.2) is 4.68 Å². The number of hydrogen-bond acceptors (Lipinski definition) is 5. The van der Waals surface area contributed by atoms with Crippen molar-refractivity contribution in [3.63, 3.8) is 0 Å². The zero-order valence-corrected chi connectivity index (χ0v) is 15.4. The van der Waals surface area contributed by atoms with Crippen LogP contribution in [-0.2, 0) is 16.1 Å². The molecule has 0 N–H and O–H groups in total. The van der Waals surface area contributed by atoms with Crippen LogP contribution in [0.15, 0.2) is 11.0 Å². The molecule has 0 amide bonds. The van der Waals surface area contributed by atoms with Crippen molar-refractivity contribution in [3.8, 4) is 0 Å². The summed E-state index contributed by atoms with van der Waals surface area (Å²) in [6, 6.07) is 0.369. The predicted octanol–water partition coefficient (Wildman–Crippen LogP) is 2.47. The second-order valence-corrected chi connectivity index (χ2v) is 8.60. The van der Waals surface area contributed by atoms with Crippen LogP contribution < -0.4 is 10.5 Å². The lowest BCUT2D eigenvalue weighted by Gasteiger charge is -2.39. The minimum absolute atomic E-state index is 0.128. The van der Waals surface area contributed by atoms with Crippen molar-refractivity contribution in [1.29, 1.82) is 0 Å². The lowest BCUT2D eigenvalue weighted by atomic mass is 9.65. The Kier molecular flexibility index (Phi) is 4.14. The molecule has 7 heteroatoms. The van der Waals surface area contributed by atoms with Crippen LogP contribution >= 0.6 is 11.6 Å². The van der Waals surface area contributed by atoms with Gasteiger partial charge in [-0.1, -0.05) is 32.4 Å². The van der Waals surface area contributed by atoms with Gasteiger partial charge in [0.1, 0.15) is 11.6 Å². The third kappa shape index (κ3) is 3.04. The van der Waals surface area contributed by atoms with Crippen LogP contribution in [0.4, 0.5) is 5.69 Å². The van der Waals surface area contributed by atoms with Crippen LogP contribution in [0.2, 0.25) is 5.02 Å². The number of anilines is 1. The van der Waals surface area contributed by atoms with E-state index in [9.17, 15) is 9.59 Å². The van der Waals surface area contributed by atoms with Crippen LogP contribution in [0, 0.1) is 10.8 Å². The van der Waals surface area contributed by atoms with Gasteiger partial charge in [0.15, 0.2) is 0 Å². The molecule has 1 aromatic rings. The third-order valence-corrected chi connectivity index (χ3v) is 5.55. The molecule has 0 unspecified atom stereocenters. The summed E-state index contributed by atoms with van der Waals surface area (Å²) in [5, 5.41) is 4.25. The average molecular weight is 354 g/mol. The fourth-order valence-electron chi connectivity index (χ4n) is 4.70. The van der Waals surface area contributed by atoms with E-state index in [1.807, 2.05) is 0 Å². The van der Waals surface area contributed by atoms with Gasteiger partial charge in [-0.05, 0) is 30.1 Å². The van der Waals surface area contributed by atoms with E-state index in [4.69, 9.17) is 11.6 Å². The molecule has 132 valence electrons. The molecule has 0 spiro atoms. The molecule has 0 aromatic carbocycles. The number of rotatable bonds is 3. The lowest BCUT2D eigenvalue weighted by molar-refractivity contribution is -0.141. The first-order valence-electron chi connectivity index (χ1n) is 8.23. The fourth-order valence-corrected chi connectivity index (χ4v) is 4.95. The first kappa shape index (κ1) is 17.3. The van der Waals surface area contributed by atoms with Gasteiger partial charge in [0.2, 0.25) is 0 Å². The lowest BCUT2D eigenvalue weighted by Crippen LogP contribution is -2.36. The van der Waals surface area contributed by atoms with E-state index >= 15 is 0 Å². The second kappa shape index (κ2) is 5.76. The molecule has 0 radical (unpaired) electrons. The highest BCUT2D eigenvalue weighted by Crippen LogP contribution is 2.53. The zero-order chi connectivity index (χ0) is 17.7. The Labute approximate surface area is 146 Å². The minimum atomic E-state index is -0.528. The van der Waals surface area contributed by atoms with E-state index < -0.39 is 11.5 Å². The molecule has 24 heavy (non-hydrogen) atoms. The molecule has 2 aliphatic rings. The SMILES string of the molecule is COC(=O)Cn1ncc(N2C[C@@]3(C)C[C@@H]2CC(C)(C)C3)c(Cl)c1=O. The summed E-state index contributed by atoms with van der Waals surface area (Å²) in [5.41, 5.74) is 0.739. The van der Waals surface area contributed by atoms with Crippen molar-refractivity contribution in [1.82, 2.24) is 9.78 Å². The van der Waals surface area contributed by atoms with Crippen molar-refractivity contribution in [2.45, 2.75) is 52.6 Å². The fraction of sp³-hybridized carbons (Fsp3) is 0.706. The number of carbonyl (C=O) groups excluding carboxylic acids is 1. The summed E-state index contributed by atoms with van der Waals surface area (Å²) in [5.74, 6) is -0.528. The van der Waals surface area contributed by atoms with Crippen LogP contribution in [0.1, 0.15) is 40.0 Å². The quantitative estimate of drug-likeness (QED) is 0.781. The molecule has 2 heterocycles. The van der Waals surface area contributed by atoms with Gasteiger partial charge < -0.3 is 9.64 Å². The normalized spacial score (nSPS) is 28.0. The highest BCUT2D eigenvalue weighted by Gasteiger charge is 2.50. The van der Waals surface area contributed by atoms with Gasteiger partial charge in [0, 0.05) is 12.6 Å². The zero-order valence-electron chi connectivity index (χ0n) is 14.6. The predicted molar refractivity (Wildman–Crippen MR) is 92.4 cm³/mol. The summed E-state index contributed by atoms with van der Waals surface area (Å²) < 4.78 is 5.63. The van der Waals surface area contributed by atoms with Gasteiger partial charge in [-0.15, -0.1) is 0 Å². The Morgan fingerprint density at radius 3 is 2.79 bits per heavy atom. The van der Waals surface area contributed by atoms with Crippen LogP contribution in [-0.4, -0.2) is 35.4 Å². The number of nitrogens with zero attached hydrogens (tertiary/aromatic N) is 3. The van der Waals surface area contributed by atoms with Gasteiger partial charge in [-0.3, -0.25) is 9.59 Å². The van der Waals surface area contributed by atoms with Gasteiger partial charge in [-0.2, -0.15) is 5.10 Å². The number of fused-ring (bicyclic) bond motifs is 2. The van der Waals surface area contributed by atoms with Gasteiger partial charge >= 0.3 is 5.97 Å². The van der Waals surface area contributed by atoms with Crippen LogP contribution in [0.3, 0.4) is 0 Å². The van der Waals surface area contributed by atoms with E-state index in [2.05, 4.69) is 35.5 Å². The van der Waals surface area contributed by atoms with Crippen molar-refractivity contribution in [3.05, 3.63) is 21.6 Å². The van der Waals surface area contributed by atoms with E-state index in [0.29, 0.717) is 11.7 Å². The Morgan fingerprint density at radius 2 is 2.12 bits per heavy atom. The first-order valence-corrected chi connectivity index (χ1v) is 8.61. The number of carbonyl (C=O) groups is 1. The molecule has 1 aliphatic carbocycles. The molecule has 1 aromatic heterocycles. The highest BCUT2D eigenvalue weighted by molar-refractivity contribution is 6.33. The molecule has 1 saturated heterocycles. The van der Waals surface area contributed by atoms with Crippen molar-refractivity contribution < 1.29 is 9.53 Å². The number of esters is 1. The molecule has 2 fully saturated rings. The van der Waals surface area contributed by atoms with E-state index in [0.717, 1.165) is 30.5 Å². The van der Waals surface area contributed by atoms with Gasteiger partial charge in [0.05, 0.1) is 19.0 Å². The average Bonchev–Trinajstić information content (AvgIpc) is 2.73. The summed E-state index contributed by atoms with van der Waals surface area (Å²) in [6.45, 7) is 7.55. The molecule has 2 bridgehead atoms. The van der Waals surface area contributed by atoms with E-state index in [-0.39, 0.29) is 22.4 Å². The molecular formula is C17H24ClN3O3. The Hall–Kier alpha value is -1.56. The molecule has 1 aliphatic heterocycles. The van der Waals surface area contributed by atoms with Gasteiger partial charge in [0.25, 0.3) is 5.56 Å². The number of halogens is 1. The summed E-state index contributed by atoms with van der Waals surface area (Å²) >= 11 is 6.34. The number of methoxy groups -OCH3 is 1. The Balaban J connectivity index is 1.92. The molecule has 1 saturated carbocycles. The minimum Gasteiger partial charge on any atom is -0.468 e. The Bertz CT molecular complexity index is 730. The maximum atomic E-state index is 12.4. The van der Waals surface area contributed by atoms with Crippen molar-refractivity contribution in [2.75, 3.05) is 18.6 Å². The van der Waals surface area contributed by atoms with Crippen LogP contribution in [0.5, 0.6) is 0 Å². The summed E-state index contributed by atoms with van der Waals surface area (Å²) in [7, 11) is 1.27. The monoisotopic (exact) mass is 353 g/mol. The molecule has 3 rings (SSSR count). The Morgan fingerprint density at radius 1 is 1.42 bits per heavy atom. The second-order valence-electron chi connectivity index (χ2n) is 8.22. The molecule has 6 nitrogen and oxygen atoms in total. The third-order valence-electron chi connectivity index (χ3n) is 5.20. The maximum Gasteiger partial charge on any atom is 0.327 e. The maximum absolute atomic E-state index is 12.4. The molecule has 2 atom stereocenters. The largest absolute Gasteiger partial charge is 0.468 e.